The minimum Gasteiger partial charge on any atom is -0.395 e. The number of hydrogen-bond acceptors (Lipinski definition) is 5. The van der Waals surface area contributed by atoms with Crippen LogP contribution in [-0.2, 0) is 12.8 Å². The summed E-state index contributed by atoms with van der Waals surface area (Å²) < 4.78 is 0. The van der Waals surface area contributed by atoms with Gasteiger partial charge in [0.05, 0.1) is 12.7 Å². The predicted molar refractivity (Wildman–Crippen MR) is 159 cm³/mol. The van der Waals surface area contributed by atoms with Crippen LogP contribution in [0, 0.1) is 0 Å². The SMILES string of the molecule is CCCN(CCC)C(=O)c1cccc(C(N)=O)c1[C@H](Cc1ccccc1)[C@@H](O)CN[C@@H](CO)Cc1ccccc1. The molecule has 5 N–H and O–H groups in total. The van der Waals surface area contributed by atoms with Gasteiger partial charge in [0.2, 0.25) is 5.91 Å². The van der Waals surface area contributed by atoms with Crippen molar-refractivity contribution in [1.29, 1.82) is 0 Å². The number of aliphatic hydroxyl groups is 2. The van der Waals surface area contributed by atoms with Gasteiger partial charge >= 0.3 is 0 Å². The molecule has 7 nitrogen and oxygen atoms in total. The van der Waals surface area contributed by atoms with Gasteiger partial charge in [0.25, 0.3) is 5.91 Å². The van der Waals surface area contributed by atoms with Gasteiger partial charge in [0.15, 0.2) is 0 Å². The highest BCUT2D eigenvalue weighted by Gasteiger charge is 2.31. The fourth-order valence-corrected chi connectivity index (χ4v) is 5.22. The number of amides is 2. The second-order valence-electron chi connectivity index (χ2n) is 10.3. The fraction of sp³-hybridized carbons (Fsp3) is 0.394. The monoisotopic (exact) mass is 545 g/mol. The zero-order valence-electron chi connectivity index (χ0n) is 23.6. The molecule has 0 fully saturated rings. The van der Waals surface area contributed by atoms with E-state index >= 15 is 0 Å². The second kappa shape index (κ2) is 15.9. The Morgan fingerprint density at radius 1 is 0.825 bits per heavy atom. The maximum atomic E-state index is 13.9. The Hall–Kier alpha value is -3.52. The van der Waals surface area contributed by atoms with Crippen molar-refractivity contribution < 1.29 is 19.8 Å². The van der Waals surface area contributed by atoms with Crippen molar-refractivity contribution in [3.05, 3.63) is 107 Å². The number of nitrogens with two attached hydrogens (primary N) is 1. The number of nitrogens with zero attached hydrogens (tertiary/aromatic N) is 1. The Labute approximate surface area is 238 Å². The molecule has 2 amide bonds. The lowest BCUT2D eigenvalue weighted by atomic mass is 9.81. The molecule has 0 bridgehead atoms. The second-order valence-corrected chi connectivity index (χ2v) is 10.3. The van der Waals surface area contributed by atoms with Crippen LogP contribution < -0.4 is 11.1 Å². The van der Waals surface area contributed by atoms with Crippen molar-refractivity contribution in [1.82, 2.24) is 10.2 Å². The largest absolute Gasteiger partial charge is 0.395 e. The van der Waals surface area contributed by atoms with Crippen LogP contribution in [0.4, 0.5) is 0 Å². The van der Waals surface area contributed by atoms with Gasteiger partial charge in [-0.25, -0.2) is 0 Å². The van der Waals surface area contributed by atoms with Crippen molar-refractivity contribution in [2.75, 3.05) is 26.2 Å². The molecule has 0 radical (unpaired) electrons. The molecule has 0 unspecified atom stereocenters. The van der Waals surface area contributed by atoms with Crippen LogP contribution >= 0.6 is 0 Å². The molecule has 3 aromatic rings. The molecule has 0 aromatic heterocycles. The summed E-state index contributed by atoms with van der Waals surface area (Å²) in [5.41, 5.74) is 8.98. The van der Waals surface area contributed by atoms with Crippen molar-refractivity contribution in [3.8, 4) is 0 Å². The van der Waals surface area contributed by atoms with Gasteiger partial charge in [-0.1, -0.05) is 80.6 Å². The minimum absolute atomic E-state index is 0.102. The zero-order chi connectivity index (χ0) is 28.9. The highest BCUT2D eigenvalue weighted by molar-refractivity contribution is 6.02. The summed E-state index contributed by atoms with van der Waals surface area (Å²) in [5, 5.41) is 25.0. The first-order valence-electron chi connectivity index (χ1n) is 14.2. The van der Waals surface area contributed by atoms with Crippen molar-refractivity contribution in [3.63, 3.8) is 0 Å². The number of aliphatic hydroxyl groups excluding tert-OH is 2. The van der Waals surface area contributed by atoms with Crippen LogP contribution in [0.1, 0.15) is 70.0 Å². The number of benzene rings is 3. The molecule has 3 aromatic carbocycles. The summed E-state index contributed by atoms with van der Waals surface area (Å²) >= 11 is 0. The molecular weight excluding hydrogens is 502 g/mol. The lowest BCUT2D eigenvalue weighted by Crippen LogP contribution is -2.42. The number of hydrogen-bond donors (Lipinski definition) is 4. The van der Waals surface area contributed by atoms with E-state index in [2.05, 4.69) is 5.32 Å². The van der Waals surface area contributed by atoms with E-state index in [0.29, 0.717) is 37.1 Å². The Kier molecular flexibility index (Phi) is 12.3. The zero-order valence-corrected chi connectivity index (χ0v) is 23.6. The number of rotatable bonds is 16. The maximum Gasteiger partial charge on any atom is 0.254 e. The van der Waals surface area contributed by atoms with Crippen LogP contribution in [0.2, 0.25) is 0 Å². The summed E-state index contributed by atoms with van der Waals surface area (Å²) in [6.07, 6.45) is 1.64. The molecule has 40 heavy (non-hydrogen) atoms. The molecule has 0 aliphatic rings. The molecular formula is C33H43N3O4. The molecule has 3 atom stereocenters. The molecule has 0 saturated heterocycles. The van der Waals surface area contributed by atoms with Gasteiger partial charge in [-0.05, 0) is 54.5 Å². The standard InChI is InChI=1S/C33H43N3O4/c1-3-18-36(19-4-2)33(40)28-17-11-16-27(32(34)39)31(28)29(21-25-14-9-6-10-15-25)30(38)22-35-26(23-37)20-24-12-7-5-8-13-24/h5-17,26,29-30,35,37-38H,3-4,18-23H2,1-2H3,(H2,34,39)/t26-,29-,30+/m1/s1. The van der Waals surface area contributed by atoms with Crippen LogP contribution in [0.25, 0.3) is 0 Å². The summed E-state index contributed by atoms with van der Waals surface area (Å²) in [6, 6.07) is 24.3. The Morgan fingerprint density at radius 3 is 1.90 bits per heavy atom. The van der Waals surface area contributed by atoms with Gasteiger partial charge in [-0.3, -0.25) is 9.59 Å². The van der Waals surface area contributed by atoms with E-state index < -0.39 is 17.9 Å². The van der Waals surface area contributed by atoms with Crippen molar-refractivity contribution >= 4 is 11.8 Å². The van der Waals surface area contributed by atoms with E-state index in [4.69, 9.17) is 5.73 Å². The van der Waals surface area contributed by atoms with Gasteiger partial charge in [-0.2, -0.15) is 0 Å². The third-order valence-corrected chi connectivity index (χ3v) is 7.17. The van der Waals surface area contributed by atoms with E-state index in [1.54, 1.807) is 23.1 Å². The lowest BCUT2D eigenvalue weighted by Gasteiger charge is -2.30. The highest BCUT2D eigenvalue weighted by Crippen LogP contribution is 2.32. The first-order valence-corrected chi connectivity index (χ1v) is 14.2. The molecule has 0 aliphatic heterocycles. The molecule has 0 spiro atoms. The molecule has 0 aliphatic carbocycles. The van der Waals surface area contributed by atoms with E-state index in [1.807, 2.05) is 74.5 Å². The average Bonchev–Trinajstić information content (AvgIpc) is 2.98. The Morgan fingerprint density at radius 2 is 1.38 bits per heavy atom. The van der Waals surface area contributed by atoms with Crippen LogP contribution in [-0.4, -0.2) is 65.3 Å². The molecule has 3 rings (SSSR count). The van der Waals surface area contributed by atoms with E-state index in [9.17, 15) is 19.8 Å². The smallest absolute Gasteiger partial charge is 0.254 e. The molecule has 214 valence electrons. The normalized spacial score (nSPS) is 13.4. The first kappa shape index (κ1) is 31.0. The Balaban J connectivity index is 2.00. The summed E-state index contributed by atoms with van der Waals surface area (Å²) in [5.74, 6) is -1.41. The molecule has 0 saturated carbocycles. The Bertz CT molecular complexity index is 1200. The summed E-state index contributed by atoms with van der Waals surface area (Å²) in [4.78, 5) is 28.3. The fourth-order valence-electron chi connectivity index (χ4n) is 5.22. The van der Waals surface area contributed by atoms with Gasteiger partial charge < -0.3 is 26.2 Å². The predicted octanol–water partition coefficient (Wildman–Crippen LogP) is 3.93. The van der Waals surface area contributed by atoms with Gasteiger partial charge in [0.1, 0.15) is 0 Å². The van der Waals surface area contributed by atoms with E-state index in [-0.39, 0.29) is 30.7 Å². The van der Waals surface area contributed by atoms with E-state index in [0.717, 1.165) is 24.0 Å². The third-order valence-electron chi connectivity index (χ3n) is 7.17. The molecule has 7 heteroatoms. The van der Waals surface area contributed by atoms with Gasteiger partial charge in [-0.15, -0.1) is 0 Å². The minimum atomic E-state index is -0.970. The van der Waals surface area contributed by atoms with Crippen molar-refractivity contribution in [2.45, 2.75) is 57.6 Å². The highest BCUT2D eigenvalue weighted by atomic mass is 16.3. The number of carbonyl (C=O) groups excluding carboxylic acids is 2. The number of nitrogens with one attached hydrogen (secondary N) is 1. The van der Waals surface area contributed by atoms with E-state index in [1.165, 1.54) is 0 Å². The summed E-state index contributed by atoms with van der Waals surface area (Å²) in [7, 11) is 0. The average molecular weight is 546 g/mol. The lowest BCUT2D eigenvalue weighted by molar-refractivity contribution is 0.0751. The molecule has 0 heterocycles. The van der Waals surface area contributed by atoms with Crippen LogP contribution in [0.5, 0.6) is 0 Å². The van der Waals surface area contributed by atoms with Crippen molar-refractivity contribution in [2.24, 2.45) is 5.73 Å². The quantitative estimate of drug-likeness (QED) is 0.218. The summed E-state index contributed by atoms with van der Waals surface area (Å²) in [6.45, 7) is 5.30. The topological polar surface area (TPSA) is 116 Å². The number of primary amides is 1. The van der Waals surface area contributed by atoms with Gasteiger partial charge in [0, 0.05) is 42.7 Å². The third kappa shape index (κ3) is 8.49. The van der Waals surface area contributed by atoms with Crippen LogP contribution in [0.15, 0.2) is 78.9 Å². The first-order chi connectivity index (χ1) is 19.4. The van der Waals surface area contributed by atoms with Crippen LogP contribution in [0.3, 0.4) is 0 Å². The number of carbonyl (C=O) groups is 2. The maximum absolute atomic E-state index is 13.9.